The van der Waals surface area contributed by atoms with E-state index in [0.29, 0.717) is 5.92 Å². The van der Waals surface area contributed by atoms with Crippen molar-refractivity contribution in [2.75, 3.05) is 14.1 Å². The van der Waals surface area contributed by atoms with Crippen LogP contribution in [0.1, 0.15) is 13.3 Å². The molecule has 0 aromatic rings. The van der Waals surface area contributed by atoms with E-state index in [1.165, 1.54) is 5.70 Å². The van der Waals surface area contributed by atoms with Gasteiger partial charge in [0, 0.05) is 31.4 Å². The summed E-state index contributed by atoms with van der Waals surface area (Å²) in [5, 5.41) is 4.10. The lowest BCUT2D eigenvalue weighted by Crippen LogP contribution is -2.41. The molecule has 62 valence electrons. The Morgan fingerprint density at radius 1 is 1.27 bits per heavy atom. The van der Waals surface area contributed by atoms with Crippen molar-refractivity contribution in [2.45, 2.75) is 13.3 Å². The van der Waals surface area contributed by atoms with Gasteiger partial charge in [-0.1, -0.05) is 20.1 Å². The van der Waals surface area contributed by atoms with Gasteiger partial charge in [0.25, 0.3) is 0 Å². The van der Waals surface area contributed by atoms with E-state index in [9.17, 15) is 0 Å². The van der Waals surface area contributed by atoms with E-state index in [2.05, 4.69) is 25.1 Å². The predicted molar refractivity (Wildman–Crippen MR) is 47.6 cm³/mol. The number of hydrogen-bond acceptors (Lipinski definition) is 2. The van der Waals surface area contributed by atoms with E-state index in [1.54, 1.807) is 0 Å². The van der Waals surface area contributed by atoms with Crippen molar-refractivity contribution in [2.24, 2.45) is 5.92 Å². The van der Waals surface area contributed by atoms with Gasteiger partial charge >= 0.3 is 0 Å². The van der Waals surface area contributed by atoms with Crippen LogP contribution in [0.15, 0.2) is 24.6 Å². The number of hydrazine groups is 1. The van der Waals surface area contributed by atoms with Crippen molar-refractivity contribution in [3.05, 3.63) is 24.6 Å². The standard InChI is InChI=1S/C9H16N2/c1-7-6-8(2)10(4)11(5)9(7)3/h7H,2-3,6H2,1,4-5H3. The molecule has 0 radical (unpaired) electrons. The number of nitrogens with zero attached hydrogens (tertiary/aromatic N) is 2. The highest BCUT2D eigenvalue weighted by molar-refractivity contribution is 5.09. The van der Waals surface area contributed by atoms with Gasteiger partial charge in [-0.05, 0) is 6.42 Å². The molecule has 11 heavy (non-hydrogen) atoms. The van der Waals surface area contributed by atoms with Crippen LogP contribution in [-0.4, -0.2) is 24.1 Å². The average molecular weight is 152 g/mol. The molecule has 0 aromatic carbocycles. The van der Waals surface area contributed by atoms with E-state index in [4.69, 9.17) is 0 Å². The zero-order valence-corrected chi connectivity index (χ0v) is 7.59. The maximum atomic E-state index is 4.00. The number of rotatable bonds is 0. The topological polar surface area (TPSA) is 6.48 Å². The van der Waals surface area contributed by atoms with Crippen LogP contribution in [0.4, 0.5) is 0 Å². The maximum absolute atomic E-state index is 4.00. The van der Waals surface area contributed by atoms with Gasteiger partial charge in [0.15, 0.2) is 0 Å². The molecule has 2 heteroatoms. The van der Waals surface area contributed by atoms with Gasteiger partial charge in [0.2, 0.25) is 0 Å². The molecule has 1 fully saturated rings. The van der Waals surface area contributed by atoms with Crippen LogP contribution in [0.2, 0.25) is 0 Å². The molecule has 1 saturated heterocycles. The quantitative estimate of drug-likeness (QED) is 0.522. The summed E-state index contributed by atoms with van der Waals surface area (Å²) in [6.07, 6.45) is 1.03. The molecular formula is C9H16N2. The molecule has 0 bridgehead atoms. The van der Waals surface area contributed by atoms with E-state index >= 15 is 0 Å². The predicted octanol–water partition coefficient (Wildman–Crippen LogP) is 1.83. The zero-order chi connectivity index (χ0) is 8.59. The third-order valence-electron chi connectivity index (χ3n) is 2.43. The second kappa shape index (κ2) is 2.61. The number of allylic oxidation sites excluding steroid dienone is 2. The van der Waals surface area contributed by atoms with Crippen molar-refractivity contribution in [1.29, 1.82) is 0 Å². The second-order valence-corrected chi connectivity index (χ2v) is 3.21. The van der Waals surface area contributed by atoms with Crippen LogP contribution in [0.3, 0.4) is 0 Å². The van der Waals surface area contributed by atoms with Gasteiger partial charge in [0.05, 0.1) is 0 Å². The van der Waals surface area contributed by atoms with Crippen molar-refractivity contribution >= 4 is 0 Å². The maximum Gasteiger partial charge on any atom is 0.0305 e. The Kier molecular flexibility index (Phi) is 1.94. The first kappa shape index (κ1) is 8.18. The summed E-state index contributed by atoms with van der Waals surface area (Å²) in [7, 11) is 4.03. The molecular weight excluding hydrogens is 136 g/mol. The fourth-order valence-corrected chi connectivity index (χ4v) is 1.33. The summed E-state index contributed by atoms with van der Waals surface area (Å²) < 4.78 is 0. The van der Waals surface area contributed by atoms with E-state index in [0.717, 1.165) is 12.1 Å². The molecule has 0 N–H and O–H groups in total. The molecule has 1 rings (SSSR count). The third-order valence-corrected chi connectivity index (χ3v) is 2.43. The highest BCUT2D eigenvalue weighted by atomic mass is 15.6. The van der Waals surface area contributed by atoms with Crippen molar-refractivity contribution in [3.63, 3.8) is 0 Å². The van der Waals surface area contributed by atoms with E-state index in [1.807, 2.05) is 19.1 Å². The molecule has 0 aromatic heterocycles. The summed E-state index contributed by atoms with van der Waals surface area (Å²) in [5.41, 5.74) is 2.33. The molecule has 1 aliphatic heterocycles. The lowest BCUT2D eigenvalue weighted by molar-refractivity contribution is 0.0623. The van der Waals surface area contributed by atoms with Crippen LogP contribution in [0.5, 0.6) is 0 Å². The molecule has 0 saturated carbocycles. The summed E-state index contributed by atoms with van der Waals surface area (Å²) in [4.78, 5) is 0. The first-order valence-electron chi connectivity index (χ1n) is 3.88. The van der Waals surface area contributed by atoms with E-state index in [-0.39, 0.29) is 0 Å². The van der Waals surface area contributed by atoms with Crippen LogP contribution in [-0.2, 0) is 0 Å². The summed E-state index contributed by atoms with van der Waals surface area (Å²) in [5.74, 6) is 0.531. The van der Waals surface area contributed by atoms with Gasteiger partial charge in [-0.3, -0.25) is 10.0 Å². The van der Waals surface area contributed by atoms with Crippen molar-refractivity contribution in [1.82, 2.24) is 10.0 Å². The largest absolute Gasteiger partial charge is 0.294 e. The Morgan fingerprint density at radius 3 is 2.36 bits per heavy atom. The highest BCUT2D eigenvalue weighted by Gasteiger charge is 2.22. The molecule has 0 aliphatic carbocycles. The monoisotopic (exact) mass is 152 g/mol. The zero-order valence-electron chi connectivity index (χ0n) is 7.59. The van der Waals surface area contributed by atoms with Gasteiger partial charge in [-0.25, -0.2) is 0 Å². The van der Waals surface area contributed by atoms with Crippen LogP contribution >= 0.6 is 0 Å². The lowest BCUT2D eigenvalue weighted by Gasteiger charge is -2.42. The molecule has 1 heterocycles. The fourth-order valence-electron chi connectivity index (χ4n) is 1.33. The first-order chi connectivity index (χ1) is 5.04. The molecule has 0 spiro atoms. The Morgan fingerprint density at radius 2 is 1.82 bits per heavy atom. The molecule has 1 aliphatic rings. The first-order valence-corrected chi connectivity index (χ1v) is 3.88. The van der Waals surface area contributed by atoms with Gasteiger partial charge in [0.1, 0.15) is 0 Å². The fraction of sp³-hybridized carbons (Fsp3) is 0.556. The molecule has 1 unspecified atom stereocenters. The molecule has 0 amide bonds. The lowest BCUT2D eigenvalue weighted by atomic mass is 10.0. The summed E-state index contributed by atoms with van der Waals surface area (Å²) in [6.45, 7) is 10.2. The van der Waals surface area contributed by atoms with Crippen LogP contribution in [0.25, 0.3) is 0 Å². The van der Waals surface area contributed by atoms with Gasteiger partial charge in [-0.15, -0.1) is 0 Å². The Hall–Kier alpha value is -0.920. The van der Waals surface area contributed by atoms with Crippen LogP contribution < -0.4 is 0 Å². The van der Waals surface area contributed by atoms with Crippen LogP contribution in [0, 0.1) is 5.92 Å². The Bertz CT molecular complexity index is 196. The molecule has 1 atom stereocenters. The SMILES string of the molecule is C=C1CC(C)C(=C)N(C)N1C. The number of hydrogen-bond donors (Lipinski definition) is 0. The van der Waals surface area contributed by atoms with Crippen molar-refractivity contribution in [3.8, 4) is 0 Å². The normalized spacial score (nSPS) is 26.3. The highest BCUT2D eigenvalue weighted by Crippen LogP contribution is 2.28. The minimum absolute atomic E-state index is 0.531. The smallest absolute Gasteiger partial charge is 0.0305 e. The van der Waals surface area contributed by atoms with Crippen molar-refractivity contribution < 1.29 is 0 Å². The van der Waals surface area contributed by atoms with E-state index < -0.39 is 0 Å². The van der Waals surface area contributed by atoms with Gasteiger partial charge in [-0.2, -0.15) is 0 Å². The minimum Gasteiger partial charge on any atom is -0.294 e. The Labute approximate surface area is 68.8 Å². The summed E-state index contributed by atoms with van der Waals surface area (Å²) >= 11 is 0. The Balaban J connectivity index is 2.78. The average Bonchev–Trinajstić information content (AvgIpc) is 1.97. The minimum atomic E-state index is 0.531. The molecule has 2 nitrogen and oxygen atoms in total. The third kappa shape index (κ3) is 1.25. The van der Waals surface area contributed by atoms with Gasteiger partial charge < -0.3 is 0 Å². The second-order valence-electron chi connectivity index (χ2n) is 3.21. The summed E-state index contributed by atoms with van der Waals surface area (Å²) in [6, 6.07) is 0.